The number of ether oxygens (including phenoxy) is 2. The minimum absolute atomic E-state index is 0.0524. The van der Waals surface area contributed by atoms with Crippen molar-refractivity contribution in [2.24, 2.45) is 0 Å². The predicted molar refractivity (Wildman–Crippen MR) is 107 cm³/mol. The van der Waals surface area contributed by atoms with Crippen LogP contribution in [0.15, 0.2) is 66.7 Å². The average Bonchev–Trinajstić information content (AvgIpc) is 2.73. The van der Waals surface area contributed by atoms with Crippen LogP contribution in [0.4, 0.5) is 8.78 Å². The van der Waals surface area contributed by atoms with Crippen molar-refractivity contribution in [2.75, 3.05) is 20.3 Å². The van der Waals surface area contributed by atoms with Crippen LogP contribution in [0.1, 0.15) is 15.9 Å². The van der Waals surface area contributed by atoms with Crippen LogP contribution in [0.5, 0.6) is 5.75 Å². The lowest BCUT2D eigenvalue weighted by atomic mass is 10.0. The molecule has 0 radical (unpaired) electrons. The molecule has 0 aliphatic heterocycles. The van der Waals surface area contributed by atoms with Gasteiger partial charge in [-0.25, -0.2) is 8.78 Å². The quantitative estimate of drug-likeness (QED) is 0.566. The summed E-state index contributed by atoms with van der Waals surface area (Å²) in [6.07, 6.45) is 0. The van der Waals surface area contributed by atoms with Crippen molar-refractivity contribution in [3.63, 3.8) is 0 Å². The highest BCUT2D eigenvalue weighted by molar-refractivity contribution is 5.95. The Morgan fingerprint density at radius 1 is 0.931 bits per heavy atom. The molecule has 150 valence electrons. The largest absolute Gasteiger partial charge is 0.491 e. The third-order valence-electron chi connectivity index (χ3n) is 4.30. The monoisotopic (exact) mass is 397 g/mol. The Bertz CT molecular complexity index is 974. The van der Waals surface area contributed by atoms with Gasteiger partial charge in [-0.3, -0.25) is 4.79 Å². The maximum absolute atomic E-state index is 14.5. The van der Waals surface area contributed by atoms with E-state index in [4.69, 9.17) is 9.47 Å². The maximum atomic E-state index is 14.5. The summed E-state index contributed by atoms with van der Waals surface area (Å²) in [5.74, 6) is -0.846. The number of benzene rings is 3. The van der Waals surface area contributed by atoms with Crippen molar-refractivity contribution in [2.45, 2.75) is 6.54 Å². The fourth-order valence-corrected chi connectivity index (χ4v) is 2.79. The van der Waals surface area contributed by atoms with Crippen LogP contribution >= 0.6 is 0 Å². The smallest absolute Gasteiger partial charge is 0.254 e. The molecular formula is C23H21F2NO3. The molecular weight excluding hydrogens is 376 g/mol. The summed E-state index contributed by atoms with van der Waals surface area (Å²) >= 11 is 0. The number of halogens is 2. The lowest BCUT2D eigenvalue weighted by Crippen LogP contribution is -2.23. The number of amides is 1. The Morgan fingerprint density at radius 2 is 1.69 bits per heavy atom. The fourth-order valence-electron chi connectivity index (χ4n) is 2.79. The Kier molecular flexibility index (Phi) is 6.92. The summed E-state index contributed by atoms with van der Waals surface area (Å²) in [4.78, 5) is 12.4. The van der Waals surface area contributed by atoms with E-state index in [1.54, 1.807) is 25.3 Å². The zero-order valence-corrected chi connectivity index (χ0v) is 16.0. The summed E-state index contributed by atoms with van der Waals surface area (Å²) in [5.41, 5.74) is 2.02. The van der Waals surface area contributed by atoms with Crippen molar-refractivity contribution in [1.82, 2.24) is 5.32 Å². The van der Waals surface area contributed by atoms with E-state index in [1.807, 2.05) is 24.3 Å². The molecule has 0 aliphatic carbocycles. The van der Waals surface area contributed by atoms with E-state index in [-0.39, 0.29) is 17.9 Å². The van der Waals surface area contributed by atoms with Gasteiger partial charge < -0.3 is 14.8 Å². The lowest BCUT2D eigenvalue weighted by Gasteiger charge is -2.10. The molecule has 0 saturated heterocycles. The number of hydrogen-bond acceptors (Lipinski definition) is 3. The Balaban J connectivity index is 1.63. The zero-order chi connectivity index (χ0) is 20.6. The highest BCUT2D eigenvalue weighted by Gasteiger charge is 2.13. The van der Waals surface area contributed by atoms with Crippen LogP contribution in [0.2, 0.25) is 0 Å². The second-order valence-corrected chi connectivity index (χ2v) is 6.37. The molecule has 0 saturated carbocycles. The molecule has 0 heterocycles. The van der Waals surface area contributed by atoms with E-state index >= 15 is 0 Å². The van der Waals surface area contributed by atoms with E-state index in [2.05, 4.69) is 5.32 Å². The third-order valence-corrected chi connectivity index (χ3v) is 4.30. The van der Waals surface area contributed by atoms with E-state index in [9.17, 15) is 13.6 Å². The van der Waals surface area contributed by atoms with Gasteiger partial charge in [0.05, 0.1) is 12.2 Å². The van der Waals surface area contributed by atoms with Gasteiger partial charge in [-0.15, -0.1) is 0 Å². The van der Waals surface area contributed by atoms with Crippen molar-refractivity contribution < 1.29 is 23.0 Å². The molecule has 0 fully saturated rings. The highest BCUT2D eigenvalue weighted by atomic mass is 19.1. The molecule has 0 atom stereocenters. The van der Waals surface area contributed by atoms with Gasteiger partial charge >= 0.3 is 0 Å². The molecule has 0 aliphatic rings. The fraction of sp³-hybridized carbons (Fsp3) is 0.174. The minimum atomic E-state index is -0.638. The summed E-state index contributed by atoms with van der Waals surface area (Å²) < 4.78 is 38.0. The van der Waals surface area contributed by atoms with Crippen LogP contribution in [0, 0.1) is 11.6 Å². The molecule has 3 aromatic carbocycles. The Hall–Kier alpha value is -3.25. The number of nitrogens with one attached hydrogen (secondary N) is 1. The van der Waals surface area contributed by atoms with Gasteiger partial charge in [-0.05, 0) is 53.1 Å². The Morgan fingerprint density at radius 3 is 2.41 bits per heavy atom. The van der Waals surface area contributed by atoms with Crippen LogP contribution in [-0.2, 0) is 11.3 Å². The average molecular weight is 397 g/mol. The summed E-state index contributed by atoms with van der Waals surface area (Å²) in [7, 11) is 1.60. The second-order valence-electron chi connectivity index (χ2n) is 6.37. The van der Waals surface area contributed by atoms with Gasteiger partial charge in [0.2, 0.25) is 0 Å². The number of carbonyl (C=O) groups excluding carboxylic acids is 1. The lowest BCUT2D eigenvalue weighted by molar-refractivity contribution is 0.0947. The first-order valence-electron chi connectivity index (χ1n) is 9.11. The SMILES string of the molecule is COCCOc1cccc(CNC(=O)c2ccc(-c3ccc(F)cc3)cc2F)c1. The first kappa shape index (κ1) is 20.5. The number of rotatable bonds is 8. The third kappa shape index (κ3) is 5.62. The first-order valence-corrected chi connectivity index (χ1v) is 9.11. The standard InChI is InChI=1S/C23H21F2NO3/c1-28-11-12-29-20-4-2-3-16(13-20)15-26-23(27)21-10-7-18(14-22(21)25)17-5-8-19(24)9-6-17/h2-10,13-14H,11-12,15H2,1H3,(H,26,27). The van der Waals surface area contributed by atoms with E-state index in [0.717, 1.165) is 5.56 Å². The van der Waals surface area contributed by atoms with Crippen molar-refractivity contribution in [1.29, 1.82) is 0 Å². The van der Waals surface area contributed by atoms with Crippen LogP contribution < -0.4 is 10.1 Å². The molecule has 3 rings (SSSR count). The molecule has 0 spiro atoms. The molecule has 3 aromatic rings. The highest BCUT2D eigenvalue weighted by Crippen LogP contribution is 2.22. The van der Waals surface area contributed by atoms with Crippen molar-refractivity contribution >= 4 is 5.91 Å². The molecule has 0 bridgehead atoms. The molecule has 1 amide bonds. The molecule has 1 N–H and O–H groups in total. The van der Waals surface area contributed by atoms with Crippen molar-refractivity contribution in [3.05, 3.63) is 89.5 Å². The minimum Gasteiger partial charge on any atom is -0.491 e. The van der Waals surface area contributed by atoms with Crippen LogP contribution in [0.25, 0.3) is 11.1 Å². The predicted octanol–water partition coefficient (Wildman–Crippen LogP) is 4.59. The maximum Gasteiger partial charge on any atom is 0.254 e. The van der Waals surface area contributed by atoms with Crippen LogP contribution in [0.3, 0.4) is 0 Å². The summed E-state index contributed by atoms with van der Waals surface area (Å²) in [5, 5.41) is 2.71. The Labute approximate surface area is 168 Å². The topological polar surface area (TPSA) is 47.6 Å². The van der Waals surface area contributed by atoms with Gasteiger partial charge in [0.15, 0.2) is 0 Å². The van der Waals surface area contributed by atoms with E-state index in [0.29, 0.717) is 30.1 Å². The zero-order valence-electron chi connectivity index (χ0n) is 16.0. The molecule has 4 nitrogen and oxygen atoms in total. The van der Waals surface area contributed by atoms with E-state index in [1.165, 1.54) is 24.3 Å². The number of hydrogen-bond donors (Lipinski definition) is 1. The van der Waals surface area contributed by atoms with Gasteiger partial charge in [-0.1, -0.05) is 30.3 Å². The number of methoxy groups -OCH3 is 1. The van der Waals surface area contributed by atoms with Gasteiger partial charge in [0.1, 0.15) is 24.0 Å². The first-order chi connectivity index (χ1) is 14.1. The summed E-state index contributed by atoms with van der Waals surface area (Å²) in [6.45, 7) is 1.14. The number of carbonyl (C=O) groups is 1. The second kappa shape index (κ2) is 9.80. The molecule has 6 heteroatoms. The van der Waals surface area contributed by atoms with Gasteiger partial charge in [0.25, 0.3) is 5.91 Å². The molecule has 29 heavy (non-hydrogen) atoms. The van der Waals surface area contributed by atoms with Crippen LogP contribution in [-0.4, -0.2) is 26.2 Å². The van der Waals surface area contributed by atoms with Crippen molar-refractivity contribution in [3.8, 4) is 16.9 Å². The molecule has 0 unspecified atom stereocenters. The van der Waals surface area contributed by atoms with E-state index < -0.39 is 11.7 Å². The van der Waals surface area contributed by atoms with Gasteiger partial charge in [0, 0.05) is 13.7 Å². The summed E-state index contributed by atoms with van der Waals surface area (Å²) in [6, 6.07) is 17.4. The molecule has 0 aromatic heterocycles. The normalized spacial score (nSPS) is 10.6. The van der Waals surface area contributed by atoms with Gasteiger partial charge in [-0.2, -0.15) is 0 Å².